The fraction of sp³-hybridized carbons (Fsp3) is 0.100. The molecule has 3 aromatic heterocycles. The molecule has 0 saturated heterocycles. The Bertz CT molecular complexity index is 1190. The van der Waals surface area contributed by atoms with Crippen molar-refractivity contribution in [2.45, 2.75) is 11.1 Å². The number of ketones is 1. The Kier molecular flexibility index (Phi) is 4.84. The summed E-state index contributed by atoms with van der Waals surface area (Å²) in [4.78, 5) is 26.4. The van der Waals surface area contributed by atoms with Crippen LogP contribution in [-0.2, 0) is 4.74 Å². The maximum absolute atomic E-state index is 13.2. The Morgan fingerprint density at radius 1 is 1.19 bits per heavy atom. The highest BCUT2D eigenvalue weighted by atomic mass is 79.9. The van der Waals surface area contributed by atoms with Crippen LogP contribution < -0.4 is 0 Å². The number of ether oxygens (including phenoxy) is 1. The van der Waals surface area contributed by atoms with Gasteiger partial charge in [-0.1, -0.05) is 22.0 Å². The quantitative estimate of drug-likeness (QED) is 0.245. The molecule has 0 radical (unpaired) electrons. The van der Waals surface area contributed by atoms with Crippen LogP contribution >= 0.6 is 39.9 Å². The van der Waals surface area contributed by atoms with E-state index < -0.39 is 5.97 Å². The Labute approximate surface area is 173 Å². The van der Waals surface area contributed by atoms with Crippen LogP contribution in [-0.4, -0.2) is 22.8 Å². The van der Waals surface area contributed by atoms with Gasteiger partial charge in [-0.15, -0.1) is 24.0 Å². The summed E-state index contributed by atoms with van der Waals surface area (Å²) in [5.74, 6) is -0.577. The van der Waals surface area contributed by atoms with Gasteiger partial charge in [0.15, 0.2) is 0 Å². The number of benzene rings is 1. The summed E-state index contributed by atoms with van der Waals surface area (Å²) in [6.07, 6.45) is 1.86. The minimum absolute atomic E-state index is 0.140. The molecule has 0 fully saturated rings. The normalized spacial score (nSPS) is 11.2. The van der Waals surface area contributed by atoms with Crippen molar-refractivity contribution in [2.24, 2.45) is 0 Å². The van der Waals surface area contributed by atoms with Gasteiger partial charge in [0.05, 0.1) is 32.3 Å². The first-order chi connectivity index (χ1) is 13.0. The van der Waals surface area contributed by atoms with E-state index in [1.807, 2.05) is 40.9 Å². The Hall–Kier alpha value is -2.09. The molecule has 27 heavy (non-hydrogen) atoms. The molecule has 3 heterocycles. The number of hydrogen-bond acceptors (Lipinski definition) is 5. The lowest BCUT2D eigenvalue weighted by atomic mass is 10.1. The maximum atomic E-state index is 13.2. The summed E-state index contributed by atoms with van der Waals surface area (Å²) in [5, 5.41) is 0.600. The first kappa shape index (κ1) is 18.3. The molecule has 0 aliphatic heterocycles. The molecule has 7 heteroatoms. The summed E-state index contributed by atoms with van der Waals surface area (Å²) < 4.78 is 8.74. The summed E-state index contributed by atoms with van der Waals surface area (Å²) in [5.41, 5.74) is 2.42. The number of aromatic nitrogens is 1. The molecular weight excluding hydrogens is 446 g/mol. The topological polar surface area (TPSA) is 47.8 Å². The van der Waals surface area contributed by atoms with Gasteiger partial charge < -0.3 is 9.14 Å². The third kappa shape index (κ3) is 2.99. The smallest absolute Gasteiger partial charge is 0.341 e. The molecule has 0 bridgehead atoms. The van der Waals surface area contributed by atoms with Crippen LogP contribution in [0.25, 0.3) is 16.4 Å². The lowest BCUT2D eigenvalue weighted by molar-refractivity contribution is 0.0531. The van der Waals surface area contributed by atoms with Gasteiger partial charge >= 0.3 is 5.97 Å². The molecule has 0 spiro atoms. The van der Waals surface area contributed by atoms with Crippen LogP contribution in [0, 0.1) is 0 Å². The van der Waals surface area contributed by atoms with Crippen molar-refractivity contribution >= 4 is 68.1 Å². The van der Waals surface area contributed by atoms with Gasteiger partial charge in [-0.2, -0.15) is 0 Å². The molecule has 0 amide bonds. The Balaban J connectivity index is 2.03. The van der Waals surface area contributed by atoms with Crippen molar-refractivity contribution in [2.75, 3.05) is 6.61 Å². The first-order valence-corrected chi connectivity index (χ1v) is 10.3. The zero-order valence-corrected chi connectivity index (χ0v) is 17.5. The number of halogens is 1. The second-order valence-corrected chi connectivity index (χ2v) is 8.53. The highest BCUT2D eigenvalue weighted by molar-refractivity contribution is 9.10. The number of nitrogens with zero attached hydrogens (tertiary/aromatic N) is 1. The molecular formula is C20H14BrNO3S2. The zero-order valence-electron chi connectivity index (χ0n) is 14.2. The summed E-state index contributed by atoms with van der Waals surface area (Å²) in [6, 6.07) is 12.7. The highest BCUT2D eigenvalue weighted by Gasteiger charge is 2.28. The predicted molar refractivity (Wildman–Crippen MR) is 114 cm³/mol. The molecule has 0 aliphatic carbocycles. The number of esters is 1. The van der Waals surface area contributed by atoms with Crippen LogP contribution in [0.2, 0.25) is 0 Å². The molecule has 136 valence electrons. The standard InChI is InChI=1S/C20H14BrNO3S2/c1-2-25-19(24)14-13-5-3-4-10-22(13)16-15(14)18(27-20(16)26)17(23)11-6-8-12(21)9-7-11/h3-10,26H,2H2,1H3. The van der Waals surface area contributed by atoms with E-state index in [4.69, 9.17) is 4.74 Å². The van der Waals surface area contributed by atoms with Crippen LogP contribution in [0.5, 0.6) is 0 Å². The summed E-state index contributed by atoms with van der Waals surface area (Å²) in [7, 11) is 0. The second kappa shape index (κ2) is 7.14. The van der Waals surface area contributed by atoms with E-state index in [0.29, 0.717) is 31.1 Å². The number of thiol groups is 1. The zero-order chi connectivity index (χ0) is 19.1. The highest BCUT2D eigenvalue weighted by Crippen LogP contribution is 2.41. The summed E-state index contributed by atoms with van der Waals surface area (Å²) in [6.45, 7) is 2.03. The van der Waals surface area contributed by atoms with Crippen molar-refractivity contribution in [3.8, 4) is 0 Å². The predicted octanol–water partition coefficient (Wildman–Crippen LogP) is 5.61. The third-order valence-electron chi connectivity index (χ3n) is 4.26. The van der Waals surface area contributed by atoms with Gasteiger partial charge in [0.25, 0.3) is 0 Å². The number of carbonyl (C=O) groups excluding carboxylic acids is 2. The van der Waals surface area contributed by atoms with Crippen molar-refractivity contribution in [1.82, 2.24) is 4.40 Å². The molecule has 0 unspecified atom stereocenters. The van der Waals surface area contributed by atoms with Gasteiger partial charge in [0, 0.05) is 21.6 Å². The SMILES string of the molecule is CCOC(=O)c1c2c(C(=O)c3ccc(Br)cc3)sc(S)c2n2ccccc12. The number of pyridine rings is 1. The first-order valence-electron chi connectivity index (χ1n) is 8.24. The van der Waals surface area contributed by atoms with Crippen LogP contribution in [0.1, 0.15) is 32.5 Å². The average Bonchev–Trinajstić information content (AvgIpc) is 3.17. The molecule has 0 saturated carbocycles. The van der Waals surface area contributed by atoms with E-state index in [9.17, 15) is 9.59 Å². The second-order valence-electron chi connectivity index (χ2n) is 5.85. The molecule has 0 atom stereocenters. The van der Waals surface area contributed by atoms with Crippen LogP contribution in [0.3, 0.4) is 0 Å². The largest absolute Gasteiger partial charge is 0.462 e. The van der Waals surface area contributed by atoms with Crippen LogP contribution in [0.4, 0.5) is 0 Å². The summed E-state index contributed by atoms with van der Waals surface area (Å²) >= 11 is 9.25. The van der Waals surface area contributed by atoms with E-state index in [2.05, 4.69) is 28.6 Å². The number of hydrogen-bond donors (Lipinski definition) is 1. The van der Waals surface area contributed by atoms with Gasteiger partial charge in [-0.3, -0.25) is 4.79 Å². The average molecular weight is 460 g/mol. The number of carbonyl (C=O) groups is 2. The van der Waals surface area contributed by atoms with E-state index in [-0.39, 0.29) is 12.4 Å². The fourth-order valence-corrected chi connectivity index (χ4v) is 4.90. The number of fused-ring (bicyclic) bond motifs is 3. The van der Waals surface area contributed by atoms with Crippen molar-refractivity contribution < 1.29 is 14.3 Å². The van der Waals surface area contributed by atoms with Crippen molar-refractivity contribution in [3.63, 3.8) is 0 Å². The fourth-order valence-electron chi connectivity index (χ4n) is 3.14. The Morgan fingerprint density at radius 2 is 1.93 bits per heavy atom. The Morgan fingerprint density at radius 3 is 2.63 bits per heavy atom. The van der Waals surface area contributed by atoms with Crippen molar-refractivity contribution in [3.05, 3.63) is 69.1 Å². The minimum Gasteiger partial charge on any atom is -0.462 e. The van der Waals surface area contributed by atoms with E-state index in [1.165, 1.54) is 11.3 Å². The molecule has 4 nitrogen and oxygen atoms in total. The molecule has 1 aromatic carbocycles. The monoisotopic (exact) mass is 459 g/mol. The van der Waals surface area contributed by atoms with Gasteiger partial charge in [0.1, 0.15) is 0 Å². The van der Waals surface area contributed by atoms with E-state index in [0.717, 1.165) is 9.99 Å². The van der Waals surface area contributed by atoms with E-state index >= 15 is 0 Å². The molecule has 0 aliphatic rings. The molecule has 0 N–H and O–H groups in total. The number of thiophene rings is 1. The number of rotatable bonds is 4. The maximum Gasteiger partial charge on any atom is 0.341 e. The van der Waals surface area contributed by atoms with Gasteiger partial charge in [0.2, 0.25) is 5.78 Å². The van der Waals surface area contributed by atoms with Crippen LogP contribution in [0.15, 0.2) is 57.3 Å². The van der Waals surface area contributed by atoms with Gasteiger partial charge in [-0.05, 0) is 43.3 Å². The molecule has 4 aromatic rings. The molecule has 4 rings (SSSR count). The minimum atomic E-state index is -0.438. The lowest BCUT2D eigenvalue weighted by Crippen LogP contribution is -2.06. The third-order valence-corrected chi connectivity index (χ3v) is 6.26. The lowest BCUT2D eigenvalue weighted by Gasteiger charge is -2.03. The van der Waals surface area contributed by atoms with Crippen molar-refractivity contribution in [1.29, 1.82) is 0 Å². The van der Waals surface area contributed by atoms with E-state index in [1.54, 1.807) is 19.1 Å². The van der Waals surface area contributed by atoms with Gasteiger partial charge in [-0.25, -0.2) is 4.79 Å².